The summed E-state index contributed by atoms with van der Waals surface area (Å²) in [7, 11) is 0. The van der Waals surface area contributed by atoms with Gasteiger partial charge in [-0.05, 0) is 62.0 Å². The van der Waals surface area contributed by atoms with E-state index in [2.05, 4.69) is 33.4 Å². The third-order valence-electron chi connectivity index (χ3n) is 4.17. The molecule has 1 N–H and O–H groups in total. The molecule has 20 heavy (non-hydrogen) atoms. The van der Waals surface area contributed by atoms with Gasteiger partial charge in [-0.2, -0.15) is 0 Å². The lowest BCUT2D eigenvalue weighted by molar-refractivity contribution is -0.118. The fraction of sp³-hybridized carbons (Fsp3) is 0.533. The van der Waals surface area contributed by atoms with E-state index in [0.717, 1.165) is 42.6 Å². The topological polar surface area (TPSA) is 32.3 Å². The number of fused-ring (bicyclic) bond motifs is 1. The Balaban J connectivity index is 0.00000147. The van der Waals surface area contributed by atoms with Gasteiger partial charge in [-0.1, -0.05) is 15.9 Å². The predicted molar refractivity (Wildman–Crippen MR) is 87.7 cm³/mol. The minimum atomic E-state index is 0. The molecule has 5 heteroatoms. The zero-order valence-corrected chi connectivity index (χ0v) is 13.8. The summed E-state index contributed by atoms with van der Waals surface area (Å²) < 4.78 is 1.09. The Labute approximate surface area is 134 Å². The highest BCUT2D eigenvalue weighted by Gasteiger charge is 2.25. The van der Waals surface area contributed by atoms with E-state index in [1.807, 2.05) is 11.0 Å². The monoisotopic (exact) mass is 358 g/mol. The van der Waals surface area contributed by atoms with Crippen molar-refractivity contribution in [3.8, 4) is 0 Å². The quantitative estimate of drug-likeness (QED) is 0.899. The van der Waals surface area contributed by atoms with Gasteiger partial charge in [0.2, 0.25) is 5.91 Å². The van der Waals surface area contributed by atoms with Gasteiger partial charge in [-0.15, -0.1) is 12.4 Å². The Morgan fingerprint density at radius 3 is 3.05 bits per heavy atom. The van der Waals surface area contributed by atoms with Crippen LogP contribution in [0.1, 0.15) is 24.8 Å². The molecule has 2 aliphatic rings. The largest absolute Gasteiger partial charge is 0.316 e. The number of amides is 1. The van der Waals surface area contributed by atoms with E-state index in [0.29, 0.717) is 12.3 Å². The number of rotatable bonds is 3. The second kappa shape index (κ2) is 6.92. The molecule has 1 amide bonds. The van der Waals surface area contributed by atoms with Crippen LogP contribution in [-0.2, 0) is 11.2 Å². The van der Waals surface area contributed by atoms with E-state index >= 15 is 0 Å². The molecule has 1 aromatic rings. The standard InChI is InChI=1S/C15H19BrN2O.ClH/c16-13-2-3-14-12(9-13)6-8-18(14)15(19)4-1-11-5-7-17-10-11;/h2-3,9,11,17H,1,4-8,10H2;1H. The smallest absolute Gasteiger partial charge is 0.227 e. The number of nitrogens with one attached hydrogen (secondary N) is 1. The maximum absolute atomic E-state index is 12.3. The van der Waals surface area contributed by atoms with E-state index in [-0.39, 0.29) is 18.3 Å². The highest BCUT2D eigenvalue weighted by Crippen LogP contribution is 2.31. The molecule has 3 rings (SSSR count). The lowest BCUT2D eigenvalue weighted by Gasteiger charge is -2.18. The summed E-state index contributed by atoms with van der Waals surface area (Å²) in [4.78, 5) is 14.3. The first-order chi connectivity index (χ1) is 9.24. The van der Waals surface area contributed by atoms with Crippen molar-refractivity contribution in [1.29, 1.82) is 0 Å². The lowest BCUT2D eigenvalue weighted by Crippen LogP contribution is -2.29. The molecule has 0 radical (unpaired) electrons. The molecule has 1 saturated heterocycles. The molecule has 1 unspecified atom stereocenters. The molecular formula is C15H20BrClN2O. The molecule has 0 saturated carbocycles. The highest BCUT2D eigenvalue weighted by molar-refractivity contribution is 9.10. The number of halogens is 2. The van der Waals surface area contributed by atoms with Crippen LogP contribution in [0.3, 0.4) is 0 Å². The maximum atomic E-state index is 12.3. The first-order valence-corrected chi connectivity index (χ1v) is 7.83. The first-order valence-electron chi connectivity index (χ1n) is 7.03. The van der Waals surface area contributed by atoms with E-state index < -0.39 is 0 Å². The number of carbonyl (C=O) groups is 1. The van der Waals surface area contributed by atoms with Gasteiger partial charge in [0.1, 0.15) is 0 Å². The number of benzene rings is 1. The van der Waals surface area contributed by atoms with Crippen LogP contribution in [-0.4, -0.2) is 25.5 Å². The average molecular weight is 360 g/mol. The van der Waals surface area contributed by atoms with Crippen LogP contribution < -0.4 is 10.2 Å². The number of nitrogens with zero attached hydrogens (tertiary/aromatic N) is 1. The van der Waals surface area contributed by atoms with Gasteiger partial charge in [0.05, 0.1) is 0 Å². The fourth-order valence-electron chi connectivity index (χ4n) is 3.05. The van der Waals surface area contributed by atoms with Gasteiger partial charge >= 0.3 is 0 Å². The molecule has 2 heterocycles. The van der Waals surface area contributed by atoms with Gasteiger partial charge in [0.25, 0.3) is 0 Å². The molecule has 0 bridgehead atoms. The SMILES string of the molecule is Cl.O=C(CCC1CCNC1)N1CCc2cc(Br)ccc21. The van der Waals surface area contributed by atoms with Crippen LogP contribution in [0.25, 0.3) is 0 Å². The fourth-order valence-corrected chi connectivity index (χ4v) is 3.46. The van der Waals surface area contributed by atoms with Crippen molar-refractivity contribution in [2.75, 3.05) is 24.5 Å². The first kappa shape index (κ1) is 15.8. The van der Waals surface area contributed by atoms with Crippen molar-refractivity contribution >= 4 is 39.9 Å². The summed E-state index contributed by atoms with van der Waals surface area (Å²) in [5.41, 5.74) is 2.39. The van der Waals surface area contributed by atoms with Crippen molar-refractivity contribution in [3.63, 3.8) is 0 Å². The average Bonchev–Trinajstić information content (AvgIpc) is 3.04. The number of hydrogen-bond acceptors (Lipinski definition) is 2. The maximum Gasteiger partial charge on any atom is 0.227 e. The number of hydrogen-bond donors (Lipinski definition) is 1. The molecule has 0 aliphatic carbocycles. The molecule has 1 aromatic carbocycles. The summed E-state index contributed by atoms with van der Waals surface area (Å²) >= 11 is 3.49. The van der Waals surface area contributed by atoms with Gasteiger partial charge in [-0.25, -0.2) is 0 Å². The molecule has 2 aliphatic heterocycles. The summed E-state index contributed by atoms with van der Waals surface area (Å²) in [5, 5.41) is 3.36. The van der Waals surface area contributed by atoms with Crippen molar-refractivity contribution in [3.05, 3.63) is 28.2 Å². The number of carbonyl (C=O) groups excluding carboxylic acids is 1. The van der Waals surface area contributed by atoms with Gasteiger partial charge in [0.15, 0.2) is 0 Å². The lowest BCUT2D eigenvalue weighted by atomic mass is 10.0. The van der Waals surface area contributed by atoms with Crippen LogP contribution >= 0.6 is 28.3 Å². The van der Waals surface area contributed by atoms with E-state index in [1.54, 1.807) is 0 Å². The van der Waals surface area contributed by atoms with Crippen LogP contribution in [0.4, 0.5) is 5.69 Å². The molecule has 0 spiro atoms. The zero-order chi connectivity index (χ0) is 13.2. The van der Waals surface area contributed by atoms with Crippen molar-refractivity contribution in [1.82, 2.24) is 5.32 Å². The van der Waals surface area contributed by atoms with E-state index in [4.69, 9.17) is 0 Å². The highest BCUT2D eigenvalue weighted by atomic mass is 79.9. The van der Waals surface area contributed by atoms with Gasteiger partial charge < -0.3 is 10.2 Å². The second-order valence-corrected chi connectivity index (χ2v) is 6.38. The zero-order valence-electron chi connectivity index (χ0n) is 11.4. The molecule has 110 valence electrons. The van der Waals surface area contributed by atoms with Gasteiger partial charge in [-0.3, -0.25) is 4.79 Å². The molecule has 1 fully saturated rings. The predicted octanol–water partition coefficient (Wildman–Crippen LogP) is 3.15. The van der Waals surface area contributed by atoms with Crippen LogP contribution in [0, 0.1) is 5.92 Å². The molecular weight excluding hydrogens is 340 g/mol. The van der Waals surface area contributed by atoms with E-state index in [9.17, 15) is 4.79 Å². The minimum absolute atomic E-state index is 0. The Bertz CT molecular complexity index is 489. The second-order valence-electron chi connectivity index (χ2n) is 5.47. The van der Waals surface area contributed by atoms with Crippen molar-refractivity contribution < 1.29 is 4.79 Å². The number of anilines is 1. The summed E-state index contributed by atoms with van der Waals surface area (Å²) in [6.07, 6.45) is 3.90. The Kier molecular flexibility index (Phi) is 5.47. The third kappa shape index (κ3) is 3.35. The Morgan fingerprint density at radius 2 is 2.30 bits per heavy atom. The Morgan fingerprint density at radius 1 is 1.45 bits per heavy atom. The molecule has 0 aromatic heterocycles. The van der Waals surface area contributed by atoms with Crippen molar-refractivity contribution in [2.45, 2.75) is 25.7 Å². The van der Waals surface area contributed by atoms with Crippen molar-refractivity contribution in [2.24, 2.45) is 5.92 Å². The van der Waals surface area contributed by atoms with E-state index in [1.165, 1.54) is 12.0 Å². The van der Waals surface area contributed by atoms with Gasteiger partial charge in [0, 0.05) is 23.1 Å². The summed E-state index contributed by atoms with van der Waals surface area (Å²) in [5.74, 6) is 0.976. The summed E-state index contributed by atoms with van der Waals surface area (Å²) in [6, 6.07) is 6.20. The van der Waals surface area contributed by atoms with Crippen LogP contribution in [0.2, 0.25) is 0 Å². The van der Waals surface area contributed by atoms with Crippen LogP contribution in [0.5, 0.6) is 0 Å². The normalized spacial score (nSPS) is 20.6. The summed E-state index contributed by atoms with van der Waals surface area (Å²) in [6.45, 7) is 3.03. The molecule has 1 atom stereocenters. The Hall–Kier alpha value is -0.580. The molecule has 3 nitrogen and oxygen atoms in total. The third-order valence-corrected chi connectivity index (χ3v) is 4.66. The minimum Gasteiger partial charge on any atom is -0.316 e. The van der Waals surface area contributed by atoms with Crippen LogP contribution in [0.15, 0.2) is 22.7 Å².